The second-order valence-corrected chi connectivity index (χ2v) is 6.09. The van der Waals surface area contributed by atoms with Crippen LogP contribution in [0.15, 0.2) is 24.3 Å². The lowest BCUT2D eigenvalue weighted by atomic mass is 9.79. The summed E-state index contributed by atoms with van der Waals surface area (Å²) in [5.41, 5.74) is 1.49. The Hall–Kier alpha value is -1.55. The van der Waals surface area contributed by atoms with Gasteiger partial charge in [0.1, 0.15) is 5.75 Å². The fraction of sp³-hybridized carbons (Fsp3) is 0.588. The fourth-order valence-corrected chi connectivity index (χ4v) is 3.26. The molecule has 2 saturated heterocycles. The lowest BCUT2D eigenvalue weighted by Gasteiger charge is -2.48. The molecular weight excluding hydrogens is 264 g/mol. The van der Waals surface area contributed by atoms with Crippen molar-refractivity contribution in [1.29, 1.82) is 0 Å². The Kier molecular flexibility index (Phi) is 4.15. The van der Waals surface area contributed by atoms with Crippen LogP contribution in [0.2, 0.25) is 0 Å². The van der Waals surface area contributed by atoms with Crippen LogP contribution in [0, 0.1) is 0 Å². The van der Waals surface area contributed by atoms with Crippen molar-refractivity contribution in [2.24, 2.45) is 0 Å². The van der Waals surface area contributed by atoms with Gasteiger partial charge in [-0.05, 0) is 43.9 Å². The summed E-state index contributed by atoms with van der Waals surface area (Å²) in [6.45, 7) is 5.08. The topological polar surface area (TPSA) is 41.6 Å². The van der Waals surface area contributed by atoms with Crippen LogP contribution < -0.4 is 10.1 Å². The smallest absolute Gasteiger partial charge is 0.260 e. The molecule has 0 unspecified atom stereocenters. The monoisotopic (exact) mass is 288 g/mol. The third-order valence-electron chi connectivity index (χ3n) is 4.88. The Balaban J connectivity index is 1.50. The molecule has 0 saturated carbocycles. The molecule has 0 atom stereocenters. The van der Waals surface area contributed by atoms with E-state index in [1.807, 2.05) is 29.2 Å². The number of nitrogens with zero attached hydrogens (tertiary/aromatic N) is 1. The van der Waals surface area contributed by atoms with Crippen LogP contribution >= 0.6 is 0 Å². The molecule has 114 valence electrons. The van der Waals surface area contributed by atoms with E-state index in [2.05, 4.69) is 12.2 Å². The number of amides is 1. The molecule has 1 aromatic rings. The Bertz CT molecular complexity index is 501. The van der Waals surface area contributed by atoms with Crippen LogP contribution in [-0.4, -0.2) is 42.6 Å². The molecule has 1 N–H and O–H groups in total. The summed E-state index contributed by atoms with van der Waals surface area (Å²) in [4.78, 5) is 14.2. The minimum Gasteiger partial charge on any atom is -0.483 e. The molecule has 0 aliphatic carbocycles. The minimum atomic E-state index is 0.107. The van der Waals surface area contributed by atoms with E-state index in [1.165, 1.54) is 6.42 Å². The number of carbonyl (C=O) groups is 1. The van der Waals surface area contributed by atoms with E-state index in [0.29, 0.717) is 5.54 Å². The van der Waals surface area contributed by atoms with Gasteiger partial charge in [-0.25, -0.2) is 0 Å². The third kappa shape index (κ3) is 3.05. The summed E-state index contributed by atoms with van der Waals surface area (Å²) in [7, 11) is 0. The highest BCUT2D eigenvalue weighted by molar-refractivity contribution is 5.78. The highest BCUT2D eigenvalue weighted by Crippen LogP contribution is 2.31. The zero-order valence-corrected chi connectivity index (χ0v) is 12.7. The van der Waals surface area contributed by atoms with Gasteiger partial charge in [0, 0.05) is 18.6 Å². The van der Waals surface area contributed by atoms with Gasteiger partial charge in [0.25, 0.3) is 5.91 Å². The molecule has 1 aromatic carbocycles. The second kappa shape index (κ2) is 6.06. The van der Waals surface area contributed by atoms with Crippen LogP contribution in [0.5, 0.6) is 5.75 Å². The first kappa shape index (κ1) is 14.4. The SMILES string of the molecule is CCc1ccccc1OCC(=O)N1CCC2(CCN2)CC1. The first-order valence-corrected chi connectivity index (χ1v) is 7.96. The molecule has 1 amide bonds. The van der Waals surface area contributed by atoms with Crippen molar-refractivity contribution in [1.82, 2.24) is 10.2 Å². The van der Waals surface area contributed by atoms with E-state index in [-0.39, 0.29) is 12.5 Å². The maximum Gasteiger partial charge on any atom is 0.260 e. The normalized spacial score (nSPS) is 20.1. The molecule has 4 heteroatoms. The van der Waals surface area contributed by atoms with Gasteiger partial charge in [-0.1, -0.05) is 25.1 Å². The van der Waals surface area contributed by atoms with Crippen LogP contribution in [0.3, 0.4) is 0 Å². The van der Waals surface area contributed by atoms with Gasteiger partial charge in [-0.2, -0.15) is 0 Å². The molecule has 3 rings (SSSR count). The number of hydrogen-bond donors (Lipinski definition) is 1. The van der Waals surface area contributed by atoms with E-state index in [9.17, 15) is 4.79 Å². The van der Waals surface area contributed by atoms with E-state index in [1.54, 1.807) is 0 Å². The lowest BCUT2D eigenvalue weighted by molar-refractivity contribution is -0.135. The first-order chi connectivity index (χ1) is 10.2. The summed E-state index contributed by atoms with van der Waals surface area (Å²) in [5, 5.41) is 3.52. The fourth-order valence-electron chi connectivity index (χ4n) is 3.26. The Morgan fingerprint density at radius 1 is 1.29 bits per heavy atom. The van der Waals surface area contributed by atoms with Crippen molar-refractivity contribution in [3.05, 3.63) is 29.8 Å². The van der Waals surface area contributed by atoms with Gasteiger partial charge in [0.2, 0.25) is 0 Å². The van der Waals surface area contributed by atoms with Crippen LogP contribution in [0.25, 0.3) is 0 Å². The van der Waals surface area contributed by atoms with Gasteiger partial charge >= 0.3 is 0 Å². The Morgan fingerprint density at radius 3 is 2.62 bits per heavy atom. The minimum absolute atomic E-state index is 0.107. The maximum atomic E-state index is 12.3. The Labute approximate surface area is 126 Å². The summed E-state index contributed by atoms with van der Waals surface area (Å²) in [5.74, 6) is 0.942. The molecule has 2 aliphatic rings. The highest BCUT2D eigenvalue weighted by atomic mass is 16.5. The number of para-hydroxylation sites is 1. The lowest BCUT2D eigenvalue weighted by Crippen LogP contribution is -2.62. The third-order valence-corrected chi connectivity index (χ3v) is 4.88. The number of benzene rings is 1. The van der Waals surface area contributed by atoms with E-state index in [0.717, 1.165) is 50.2 Å². The van der Waals surface area contributed by atoms with Gasteiger partial charge in [0.15, 0.2) is 6.61 Å². The predicted molar refractivity (Wildman–Crippen MR) is 82.5 cm³/mol. The van der Waals surface area contributed by atoms with Gasteiger partial charge < -0.3 is 15.0 Å². The molecule has 0 bridgehead atoms. The molecule has 21 heavy (non-hydrogen) atoms. The number of aryl methyl sites for hydroxylation is 1. The van der Waals surface area contributed by atoms with Gasteiger partial charge in [-0.3, -0.25) is 4.79 Å². The molecule has 0 radical (unpaired) electrons. The van der Waals surface area contributed by atoms with Gasteiger partial charge in [-0.15, -0.1) is 0 Å². The van der Waals surface area contributed by atoms with E-state index >= 15 is 0 Å². The van der Waals surface area contributed by atoms with E-state index < -0.39 is 0 Å². The number of likely N-dealkylation sites (tertiary alicyclic amines) is 1. The predicted octanol–water partition coefficient (Wildman–Crippen LogP) is 1.98. The highest BCUT2D eigenvalue weighted by Gasteiger charge is 2.40. The van der Waals surface area contributed by atoms with Crippen molar-refractivity contribution >= 4 is 5.91 Å². The quantitative estimate of drug-likeness (QED) is 0.921. The molecule has 1 spiro atoms. The molecule has 2 fully saturated rings. The van der Waals surface area contributed by atoms with Crippen molar-refractivity contribution < 1.29 is 9.53 Å². The summed E-state index contributed by atoms with van der Waals surface area (Å²) < 4.78 is 5.73. The molecular formula is C17H24N2O2. The summed E-state index contributed by atoms with van der Waals surface area (Å²) in [6.07, 6.45) is 4.33. The van der Waals surface area contributed by atoms with Gasteiger partial charge in [0.05, 0.1) is 0 Å². The number of piperidine rings is 1. The number of hydrogen-bond acceptors (Lipinski definition) is 3. The summed E-state index contributed by atoms with van der Waals surface area (Å²) in [6, 6.07) is 7.94. The van der Waals surface area contributed by atoms with Crippen LogP contribution in [-0.2, 0) is 11.2 Å². The number of nitrogens with one attached hydrogen (secondary N) is 1. The molecule has 2 heterocycles. The average molecular weight is 288 g/mol. The standard InChI is InChI=1S/C17H24N2O2/c1-2-14-5-3-4-6-15(14)21-13-16(20)19-11-8-17(9-12-19)7-10-18-17/h3-6,18H,2,7-13H2,1H3. The number of ether oxygens (including phenoxy) is 1. The average Bonchev–Trinajstić information content (AvgIpc) is 2.51. The van der Waals surface area contributed by atoms with Crippen molar-refractivity contribution in [2.45, 2.75) is 38.1 Å². The second-order valence-electron chi connectivity index (χ2n) is 6.09. The first-order valence-electron chi connectivity index (χ1n) is 7.96. The Morgan fingerprint density at radius 2 is 2.00 bits per heavy atom. The molecule has 4 nitrogen and oxygen atoms in total. The zero-order valence-electron chi connectivity index (χ0n) is 12.7. The zero-order chi connectivity index (χ0) is 14.7. The van der Waals surface area contributed by atoms with Crippen molar-refractivity contribution in [2.75, 3.05) is 26.2 Å². The molecule has 0 aromatic heterocycles. The van der Waals surface area contributed by atoms with Crippen LogP contribution in [0.4, 0.5) is 0 Å². The number of carbonyl (C=O) groups excluding carboxylic acids is 1. The van der Waals surface area contributed by atoms with Crippen molar-refractivity contribution in [3.8, 4) is 5.75 Å². The van der Waals surface area contributed by atoms with E-state index in [4.69, 9.17) is 4.74 Å². The maximum absolute atomic E-state index is 12.3. The largest absolute Gasteiger partial charge is 0.483 e. The molecule has 2 aliphatic heterocycles. The summed E-state index contributed by atoms with van der Waals surface area (Å²) >= 11 is 0. The van der Waals surface area contributed by atoms with Crippen molar-refractivity contribution in [3.63, 3.8) is 0 Å². The van der Waals surface area contributed by atoms with Crippen LogP contribution in [0.1, 0.15) is 31.7 Å². The number of rotatable bonds is 4.